The molecular weight excluding hydrogens is 365 g/mol. The number of hydrogen-bond acceptors (Lipinski definition) is 4. The first-order chi connectivity index (χ1) is 13.5. The molecule has 28 heavy (non-hydrogen) atoms. The monoisotopic (exact) mass is 388 g/mol. The maximum Gasteiger partial charge on any atom is 0.222 e. The van der Waals surface area contributed by atoms with Gasteiger partial charge in [-0.2, -0.15) is 0 Å². The molecular formula is C21H23F3N4. The quantitative estimate of drug-likeness (QED) is 0.800. The second-order valence-corrected chi connectivity index (χ2v) is 7.62. The molecule has 0 spiro atoms. The fraction of sp³-hybridized carbons (Fsp3) is 0.429. The fourth-order valence-electron chi connectivity index (χ4n) is 4.01. The first-order valence-corrected chi connectivity index (χ1v) is 9.62. The van der Waals surface area contributed by atoms with E-state index in [0.29, 0.717) is 17.4 Å². The third kappa shape index (κ3) is 3.98. The molecule has 0 amide bonds. The minimum atomic E-state index is -0.785. The van der Waals surface area contributed by atoms with Crippen molar-refractivity contribution in [1.29, 1.82) is 0 Å². The summed E-state index contributed by atoms with van der Waals surface area (Å²) >= 11 is 0. The Morgan fingerprint density at radius 3 is 2.57 bits per heavy atom. The Balaban J connectivity index is 1.25. The summed E-state index contributed by atoms with van der Waals surface area (Å²) in [5.41, 5.74) is 1.49. The van der Waals surface area contributed by atoms with Crippen LogP contribution in [0.15, 0.2) is 42.9 Å². The van der Waals surface area contributed by atoms with Crippen LogP contribution in [0.3, 0.4) is 0 Å². The summed E-state index contributed by atoms with van der Waals surface area (Å²) in [7, 11) is 0. The second kappa shape index (κ2) is 7.81. The Bertz CT molecular complexity index is 847. The molecule has 1 aliphatic heterocycles. The highest BCUT2D eigenvalue weighted by Gasteiger charge is 2.44. The Hall–Kier alpha value is -2.57. The van der Waals surface area contributed by atoms with Gasteiger partial charge in [-0.3, -0.25) is 0 Å². The number of aromatic nitrogens is 2. The van der Waals surface area contributed by atoms with Gasteiger partial charge in [-0.15, -0.1) is 0 Å². The number of rotatable bonds is 6. The van der Waals surface area contributed by atoms with E-state index in [1.54, 1.807) is 12.1 Å². The zero-order chi connectivity index (χ0) is 19.7. The van der Waals surface area contributed by atoms with Gasteiger partial charge in [0.2, 0.25) is 5.95 Å². The Morgan fingerprint density at radius 1 is 1.14 bits per heavy atom. The van der Waals surface area contributed by atoms with Crippen molar-refractivity contribution in [1.82, 2.24) is 14.9 Å². The van der Waals surface area contributed by atoms with Gasteiger partial charge in [0.15, 0.2) is 17.5 Å². The third-order valence-corrected chi connectivity index (χ3v) is 5.79. The molecule has 4 nitrogen and oxygen atoms in total. The Labute approximate surface area is 162 Å². The zero-order valence-corrected chi connectivity index (χ0v) is 15.5. The molecule has 0 radical (unpaired) electrons. The molecule has 2 fully saturated rings. The summed E-state index contributed by atoms with van der Waals surface area (Å²) in [4.78, 5) is 10.1. The van der Waals surface area contributed by atoms with Gasteiger partial charge in [-0.25, -0.2) is 23.1 Å². The van der Waals surface area contributed by atoms with Gasteiger partial charge in [0.25, 0.3) is 0 Å². The van der Waals surface area contributed by atoms with E-state index in [1.807, 2.05) is 0 Å². The molecule has 4 rings (SSSR count). The number of nitrogens with one attached hydrogen (secondary N) is 1. The Kier molecular flexibility index (Phi) is 5.24. The van der Waals surface area contributed by atoms with Crippen LogP contribution in [0, 0.1) is 29.3 Å². The number of allylic oxidation sites excluding steroid dienone is 1. The van der Waals surface area contributed by atoms with Crippen LogP contribution in [0.4, 0.5) is 19.1 Å². The summed E-state index contributed by atoms with van der Waals surface area (Å²) < 4.78 is 40.3. The SMILES string of the molecule is C=C(C1C[C@H]1c1cccc(F)c1F)N1CCC(CNc2ncc(F)cn2)CC1. The van der Waals surface area contributed by atoms with Gasteiger partial charge >= 0.3 is 0 Å². The van der Waals surface area contributed by atoms with Crippen LogP contribution in [0.5, 0.6) is 0 Å². The van der Waals surface area contributed by atoms with E-state index < -0.39 is 17.5 Å². The number of halogens is 3. The highest BCUT2D eigenvalue weighted by molar-refractivity contribution is 5.32. The molecule has 0 bridgehead atoms. The first kappa shape index (κ1) is 18.8. The maximum atomic E-state index is 14.0. The fourth-order valence-corrected chi connectivity index (χ4v) is 4.01. The van der Waals surface area contributed by atoms with Crippen LogP contribution in [0.25, 0.3) is 0 Å². The highest BCUT2D eigenvalue weighted by Crippen LogP contribution is 2.53. The number of likely N-dealkylation sites (tertiary alicyclic amines) is 1. The minimum absolute atomic E-state index is 0.0261. The van der Waals surface area contributed by atoms with E-state index in [4.69, 9.17) is 0 Å². The number of hydrogen-bond donors (Lipinski definition) is 1. The summed E-state index contributed by atoms with van der Waals surface area (Å²) in [6.45, 7) is 6.76. The maximum absolute atomic E-state index is 14.0. The lowest BCUT2D eigenvalue weighted by molar-refractivity contribution is 0.224. The summed E-state index contributed by atoms with van der Waals surface area (Å²) in [5.74, 6) is -0.826. The predicted octanol–water partition coefficient (Wildman–Crippen LogP) is 4.34. The first-order valence-electron chi connectivity index (χ1n) is 9.62. The minimum Gasteiger partial charge on any atom is -0.375 e. The molecule has 2 atom stereocenters. The second-order valence-electron chi connectivity index (χ2n) is 7.62. The summed E-state index contributed by atoms with van der Waals surface area (Å²) in [6, 6.07) is 4.39. The van der Waals surface area contributed by atoms with E-state index in [0.717, 1.165) is 63.1 Å². The molecule has 7 heteroatoms. The van der Waals surface area contributed by atoms with Crippen molar-refractivity contribution in [2.75, 3.05) is 25.0 Å². The molecule has 1 aliphatic carbocycles. The van der Waals surface area contributed by atoms with Gasteiger partial charge in [0.05, 0.1) is 12.4 Å². The topological polar surface area (TPSA) is 41.0 Å². The van der Waals surface area contributed by atoms with Crippen LogP contribution in [-0.2, 0) is 0 Å². The molecule has 2 heterocycles. The van der Waals surface area contributed by atoms with E-state index in [9.17, 15) is 13.2 Å². The molecule has 1 unspecified atom stereocenters. The van der Waals surface area contributed by atoms with Crippen LogP contribution >= 0.6 is 0 Å². The number of nitrogens with zero attached hydrogens (tertiary/aromatic N) is 3. The summed E-state index contributed by atoms with van der Waals surface area (Å²) in [6.07, 6.45) is 5.12. The molecule has 1 saturated carbocycles. The van der Waals surface area contributed by atoms with Crippen molar-refractivity contribution in [2.24, 2.45) is 11.8 Å². The molecule has 1 aromatic carbocycles. The Morgan fingerprint density at radius 2 is 1.86 bits per heavy atom. The van der Waals surface area contributed by atoms with Crippen LogP contribution < -0.4 is 5.32 Å². The molecule has 1 aromatic heterocycles. The van der Waals surface area contributed by atoms with Gasteiger partial charge in [-0.1, -0.05) is 18.7 Å². The van der Waals surface area contributed by atoms with Crippen LogP contribution in [-0.4, -0.2) is 34.5 Å². The zero-order valence-electron chi connectivity index (χ0n) is 15.5. The lowest BCUT2D eigenvalue weighted by atomic mass is 9.96. The van der Waals surface area contributed by atoms with Crippen molar-refractivity contribution >= 4 is 5.95 Å². The molecule has 1 N–H and O–H groups in total. The van der Waals surface area contributed by atoms with Crippen molar-refractivity contribution in [3.8, 4) is 0 Å². The summed E-state index contributed by atoms with van der Waals surface area (Å²) in [5, 5.41) is 3.15. The molecule has 1 saturated heterocycles. The van der Waals surface area contributed by atoms with E-state index in [-0.39, 0.29) is 11.8 Å². The molecule has 2 aromatic rings. The van der Waals surface area contributed by atoms with Crippen molar-refractivity contribution in [3.63, 3.8) is 0 Å². The normalized spacial score (nSPS) is 22.2. The number of benzene rings is 1. The van der Waals surface area contributed by atoms with Crippen LogP contribution in [0.2, 0.25) is 0 Å². The van der Waals surface area contributed by atoms with Crippen LogP contribution in [0.1, 0.15) is 30.7 Å². The van der Waals surface area contributed by atoms with E-state index in [1.165, 1.54) is 0 Å². The number of anilines is 1. The predicted molar refractivity (Wildman–Crippen MR) is 101 cm³/mol. The van der Waals surface area contributed by atoms with Gasteiger partial charge in [0, 0.05) is 31.2 Å². The smallest absolute Gasteiger partial charge is 0.222 e. The van der Waals surface area contributed by atoms with Gasteiger partial charge < -0.3 is 10.2 Å². The van der Waals surface area contributed by atoms with Crippen molar-refractivity contribution in [2.45, 2.75) is 25.2 Å². The third-order valence-electron chi connectivity index (χ3n) is 5.79. The molecule has 148 valence electrons. The lowest BCUT2D eigenvalue weighted by Gasteiger charge is -2.35. The highest BCUT2D eigenvalue weighted by atomic mass is 19.2. The van der Waals surface area contributed by atoms with E-state index in [2.05, 4.69) is 26.8 Å². The molecule has 2 aliphatic rings. The average Bonchev–Trinajstić information content (AvgIpc) is 3.50. The van der Waals surface area contributed by atoms with Gasteiger partial charge in [-0.05, 0) is 42.7 Å². The van der Waals surface area contributed by atoms with Crippen molar-refractivity contribution < 1.29 is 13.2 Å². The van der Waals surface area contributed by atoms with Gasteiger partial charge in [0.1, 0.15) is 0 Å². The number of piperidine rings is 1. The lowest BCUT2D eigenvalue weighted by Crippen LogP contribution is -2.35. The van der Waals surface area contributed by atoms with Crippen molar-refractivity contribution in [3.05, 3.63) is 65.9 Å². The van der Waals surface area contributed by atoms with E-state index >= 15 is 0 Å². The largest absolute Gasteiger partial charge is 0.375 e. The standard InChI is InChI=1S/C21H23F3N4/c1-13(17-9-18(17)16-3-2-4-19(23)20(16)24)28-7-5-14(6-8-28)10-25-21-26-11-15(22)12-27-21/h2-4,11-12,14,17-18H,1,5-10H2,(H,25,26,27)/t17?,18-/m0/s1. The average molecular weight is 388 g/mol.